The van der Waals surface area contributed by atoms with Gasteiger partial charge in [-0.15, -0.1) is 0 Å². The van der Waals surface area contributed by atoms with Gasteiger partial charge in [0.1, 0.15) is 0 Å². The molecule has 0 radical (unpaired) electrons. The molecule has 0 saturated heterocycles. The maximum absolute atomic E-state index is 12.4. The van der Waals surface area contributed by atoms with Gasteiger partial charge in [0.25, 0.3) is 0 Å². The highest BCUT2D eigenvalue weighted by atomic mass is 16.5. The highest BCUT2D eigenvalue weighted by molar-refractivity contribution is 5.99. The number of benzene rings is 1. The Morgan fingerprint density at radius 1 is 1.07 bits per heavy atom. The van der Waals surface area contributed by atoms with E-state index >= 15 is 0 Å². The lowest BCUT2D eigenvalue weighted by atomic mass is 10.1. The maximum Gasteiger partial charge on any atom is 0.328 e. The SMILES string of the molecule is CCn1c(C)cc(C(=O)COC(=O)CCn2c(=O)n(C)c3ccccc32)c1C. The number of rotatable bonds is 7. The highest BCUT2D eigenvalue weighted by Gasteiger charge is 2.17. The van der Waals surface area contributed by atoms with Crippen LogP contribution in [0.1, 0.15) is 35.1 Å². The molecule has 3 aromatic rings. The summed E-state index contributed by atoms with van der Waals surface area (Å²) < 4.78 is 10.3. The number of ketones is 1. The van der Waals surface area contributed by atoms with Crippen LogP contribution in [0.15, 0.2) is 35.1 Å². The number of fused-ring (bicyclic) bond motifs is 1. The third kappa shape index (κ3) is 3.52. The van der Waals surface area contributed by atoms with Crippen LogP contribution in [0.3, 0.4) is 0 Å². The molecule has 0 aliphatic carbocycles. The molecule has 28 heavy (non-hydrogen) atoms. The van der Waals surface area contributed by atoms with Crippen molar-refractivity contribution in [3.8, 4) is 0 Å². The Balaban J connectivity index is 1.62. The molecule has 0 spiro atoms. The highest BCUT2D eigenvalue weighted by Crippen LogP contribution is 2.16. The van der Waals surface area contributed by atoms with Gasteiger partial charge in [-0.1, -0.05) is 12.1 Å². The smallest absolute Gasteiger partial charge is 0.328 e. The Labute approximate surface area is 163 Å². The van der Waals surface area contributed by atoms with Gasteiger partial charge >= 0.3 is 11.7 Å². The normalized spacial score (nSPS) is 11.1. The number of hydrogen-bond acceptors (Lipinski definition) is 4. The van der Waals surface area contributed by atoms with Crippen LogP contribution >= 0.6 is 0 Å². The van der Waals surface area contributed by atoms with E-state index in [1.165, 1.54) is 0 Å². The molecule has 2 aromatic heterocycles. The molecule has 3 rings (SSSR count). The summed E-state index contributed by atoms with van der Waals surface area (Å²) in [6, 6.07) is 9.24. The van der Waals surface area contributed by atoms with Crippen molar-refractivity contribution in [1.29, 1.82) is 0 Å². The average Bonchev–Trinajstić information content (AvgIpc) is 3.11. The molecule has 2 heterocycles. The van der Waals surface area contributed by atoms with Crippen molar-refractivity contribution < 1.29 is 14.3 Å². The number of ether oxygens (including phenoxy) is 1. The lowest BCUT2D eigenvalue weighted by Gasteiger charge is -2.07. The van der Waals surface area contributed by atoms with Crippen molar-refractivity contribution in [1.82, 2.24) is 13.7 Å². The summed E-state index contributed by atoms with van der Waals surface area (Å²) >= 11 is 0. The number of carbonyl (C=O) groups excluding carboxylic acids is 2. The first-order valence-electron chi connectivity index (χ1n) is 9.35. The van der Waals surface area contributed by atoms with Gasteiger partial charge in [0.05, 0.1) is 17.5 Å². The zero-order chi connectivity index (χ0) is 20.4. The Kier molecular flexibility index (Phi) is 5.53. The Morgan fingerprint density at radius 3 is 2.39 bits per heavy atom. The summed E-state index contributed by atoms with van der Waals surface area (Å²) in [7, 11) is 1.70. The van der Waals surface area contributed by atoms with Gasteiger partial charge in [-0.3, -0.25) is 18.7 Å². The second kappa shape index (κ2) is 7.88. The van der Waals surface area contributed by atoms with E-state index in [1.54, 1.807) is 16.2 Å². The molecular weight excluding hydrogens is 358 g/mol. The molecule has 0 N–H and O–H groups in total. The average molecular weight is 383 g/mol. The summed E-state index contributed by atoms with van der Waals surface area (Å²) in [4.78, 5) is 36.9. The Morgan fingerprint density at radius 2 is 1.75 bits per heavy atom. The van der Waals surface area contributed by atoms with E-state index in [4.69, 9.17) is 4.74 Å². The fraction of sp³-hybridized carbons (Fsp3) is 0.381. The van der Waals surface area contributed by atoms with Crippen molar-refractivity contribution in [3.05, 3.63) is 57.8 Å². The molecule has 0 aliphatic rings. The number of esters is 1. The Hall–Kier alpha value is -3.09. The van der Waals surface area contributed by atoms with Crippen molar-refractivity contribution in [2.75, 3.05) is 6.61 Å². The second-order valence-electron chi connectivity index (χ2n) is 6.84. The third-order valence-electron chi connectivity index (χ3n) is 5.15. The summed E-state index contributed by atoms with van der Waals surface area (Å²) in [6.45, 7) is 6.54. The van der Waals surface area contributed by atoms with Crippen LogP contribution in [0.4, 0.5) is 0 Å². The van der Waals surface area contributed by atoms with Gasteiger partial charge in [-0.2, -0.15) is 0 Å². The van der Waals surface area contributed by atoms with Gasteiger partial charge in [0.2, 0.25) is 5.78 Å². The van der Waals surface area contributed by atoms with Crippen LogP contribution in [0, 0.1) is 13.8 Å². The number of hydrogen-bond donors (Lipinski definition) is 0. The molecule has 0 amide bonds. The predicted octanol–water partition coefficient (Wildman–Crippen LogP) is 2.59. The molecule has 0 unspecified atom stereocenters. The van der Waals surface area contributed by atoms with Crippen LogP contribution in [0.2, 0.25) is 0 Å². The monoisotopic (exact) mass is 383 g/mol. The molecule has 0 atom stereocenters. The van der Waals surface area contributed by atoms with Gasteiger partial charge in [-0.25, -0.2) is 4.79 Å². The van der Waals surface area contributed by atoms with E-state index in [0.29, 0.717) is 5.56 Å². The first-order chi connectivity index (χ1) is 13.3. The van der Waals surface area contributed by atoms with E-state index in [9.17, 15) is 14.4 Å². The lowest BCUT2D eigenvalue weighted by molar-refractivity contribution is -0.142. The molecule has 0 aliphatic heterocycles. The maximum atomic E-state index is 12.4. The minimum absolute atomic E-state index is 0.0230. The van der Waals surface area contributed by atoms with E-state index < -0.39 is 5.97 Å². The van der Waals surface area contributed by atoms with Gasteiger partial charge < -0.3 is 9.30 Å². The number of aryl methyl sites for hydroxylation is 3. The van der Waals surface area contributed by atoms with Crippen LogP contribution in [-0.2, 0) is 29.7 Å². The van der Waals surface area contributed by atoms with Crippen LogP contribution < -0.4 is 5.69 Å². The number of para-hydroxylation sites is 2. The minimum atomic E-state index is -0.502. The lowest BCUT2D eigenvalue weighted by Crippen LogP contribution is -2.24. The van der Waals surface area contributed by atoms with Crippen LogP contribution in [0.5, 0.6) is 0 Å². The summed E-state index contributed by atoms with van der Waals surface area (Å²) in [5, 5.41) is 0. The molecule has 0 fully saturated rings. The summed E-state index contributed by atoms with van der Waals surface area (Å²) in [5.41, 5.74) is 3.86. The molecule has 148 valence electrons. The first-order valence-corrected chi connectivity index (χ1v) is 9.35. The van der Waals surface area contributed by atoms with E-state index in [0.717, 1.165) is 29.0 Å². The van der Waals surface area contributed by atoms with E-state index in [1.807, 2.05) is 55.7 Å². The van der Waals surface area contributed by atoms with Crippen molar-refractivity contribution in [2.24, 2.45) is 7.05 Å². The quantitative estimate of drug-likeness (QED) is 0.464. The van der Waals surface area contributed by atoms with Gasteiger partial charge in [-0.05, 0) is 39.0 Å². The van der Waals surface area contributed by atoms with Crippen molar-refractivity contribution >= 4 is 22.8 Å². The van der Waals surface area contributed by atoms with Crippen molar-refractivity contribution in [3.63, 3.8) is 0 Å². The third-order valence-corrected chi connectivity index (χ3v) is 5.15. The topological polar surface area (TPSA) is 75.2 Å². The van der Waals surface area contributed by atoms with E-state index in [-0.39, 0.29) is 31.0 Å². The zero-order valence-electron chi connectivity index (χ0n) is 16.7. The number of Topliss-reactive ketones (excluding diaryl/α,β-unsaturated/α-hetero) is 1. The number of imidazole rings is 1. The molecular formula is C21H25N3O4. The fourth-order valence-electron chi connectivity index (χ4n) is 3.65. The minimum Gasteiger partial charge on any atom is -0.457 e. The zero-order valence-corrected chi connectivity index (χ0v) is 16.7. The Bertz CT molecular complexity index is 1100. The summed E-state index contributed by atoms with van der Waals surface area (Å²) in [5.74, 6) is -0.721. The standard InChI is InChI=1S/C21H25N3O4/c1-5-23-14(2)12-16(15(23)3)19(25)13-28-20(26)10-11-24-18-9-7-6-8-17(18)22(4)21(24)27/h6-9,12H,5,10-11,13H2,1-4H3. The van der Waals surface area contributed by atoms with E-state index in [2.05, 4.69) is 0 Å². The predicted molar refractivity (Wildman–Crippen MR) is 107 cm³/mol. The van der Waals surface area contributed by atoms with Crippen LogP contribution in [0.25, 0.3) is 11.0 Å². The largest absolute Gasteiger partial charge is 0.457 e. The van der Waals surface area contributed by atoms with Crippen LogP contribution in [-0.4, -0.2) is 32.1 Å². The molecule has 7 heteroatoms. The first kappa shape index (κ1) is 19.7. The van der Waals surface area contributed by atoms with Gasteiger partial charge in [0.15, 0.2) is 6.61 Å². The molecule has 0 saturated carbocycles. The molecule has 7 nitrogen and oxygen atoms in total. The summed E-state index contributed by atoms with van der Waals surface area (Å²) in [6.07, 6.45) is 0.0230. The van der Waals surface area contributed by atoms with Gasteiger partial charge in [0, 0.05) is 37.1 Å². The fourth-order valence-corrected chi connectivity index (χ4v) is 3.65. The number of nitrogens with zero attached hydrogens (tertiary/aromatic N) is 3. The number of aromatic nitrogens is 3. The molecule has 1 aromatic carbocycles. The molecule has 0 bridgehead atoms. The second-order valence-corrected chi connectivity index (χ2v) is 6.84. The number of carbonyl (C=O) groups is 2. The van der Waals surface area contributed by atoms with Crippen molar-refractivity contribution in [2.45, 2.75) is 40.3 Å².